The average Bonchev–Trinajstić information content (AvgIpc) is 3.38. The van der Waals surface area contributed by atoms with E-state index in [1.54, 1.807) is 24.0 Å². The molecule has 2 aromatic rings. The Kier molecular flexibility index (Phi) is 5.75. The Morgan fingerprint density at radius 2 is 1.79 bits per heavy atom. The molecule has 9 heteroatoms. The molecule has 2 aliphatic rings. The third-order valence-electron chi connectivity index (χ3n) is 5.55. The van der Waals surface area contributed by atoms with Crippen LogP contribution < -0.4 is 4.90 Å². The number of amides is 2. The van der Waals surface area contributed by atoms with E-state index in [0.717, 1.165) is 30.1 Å². The average molecular weight is 418 g/mol. The lowest BCUT2D eigenvalue weighted by Crippen LogP contribution is -2.54. The van der Waals surface area contributed by atoms with E-state index in [0.29, 0.717) is 38.4 Å². The van der Waals surface area contributed by atoms with Crippen LogP contribution in [0.3, 0.4) is 0 Å². The van der Waals surface area contributed by atoms with Crippen molar-refractivity contribution in [3.63, 3.8) is 0 Å². The van der Waals surface area contributed by atoms with E-state index in [1.807, 2.05) is 4.90 Å². The van der Waals surface area contributed by atoms with Gasteiger partial charge >= 0.3 is 0 Å². The molecule has 1 atom stereocenters. The van der Waals surface area contributed by atoms with Crippen molar-refractivity contribution in [1.29, 1.82) is 0 Å². The van der Waals surface area contributed by atoms with Crippen LogP contribution in [0.25, 0.3) is 0 Å². The molecule has 0 bridgehead atoms. The van der Waals surface area contributed by atoms with Crippen molar-refractivity contribution in [2.45, 2.75) is 32.2 Å². The van der Waals surface area contributed by atoms with Crippen molar-refractivity contribution < 1.29 is 14.0 Å². The fourth-order valence-electron chi connectivity index (χ4n) is 3.92. The van der Waals surface area contributed by atoms with Gasteiger partial charge in [0, 0.05) is 57.6 Å². The molecule has 29 heavy (non-hydrogen) atoms. The van der Waals surface area contributed by atoms with Gasteiger partial charge in [0.1, 0.15) is 17.7 Å². The summed E-state index contributed by atoms with van der Waals surface area (Å²) in [4.78, 5) is 34.9. The second-order valence-corrected chi connectivity index (χ2v) is 8.21. The summed E-state index contributed by atoms with van der Waals surface area (Å²) in [7, 11) is 0. The maximum absolute atomic E-state index is 13.1. The standard InChI is InChI=1S/C20H24FN5O2S/c1-14(27)24-9-11-25(12-10-24)19(28)17-3-2-8-26(17)20-22-18(23-29-20)13-15-4-6-16(21)7-5-15/h4-7,17H,2-3,8-13H2,1H3/t17-/m1/s1. The number of carbonyl (C=O) groups is 2. The molecule has 0 unspecified atom stereocenters. The molecule has 2 saturated heterocycles. The molecule has 2 aliphatic heterocycles. The lowest BCUT2D eigenvalue weighted by molar-refractivity contribution is -0.139. The molecule has 0 aliphatic carbocycles. The van der Waals surface area contributed by atoms with Gasteiger partial charge in [-0.25, -0.2) is 9.37 Å². The topological polar surface area (TPSA) is 69.6 Å². The number of aromatic nitrogens is 2. The van der Waals surface area contributed by atoms with Crippen LogP contribution in [0.5, 0.6) is 0 Å². The van der Waals surface area contributed by atoms with Gasteiger partial charge in [-0.15, -0.1) is 0 Å². The van der Waals surface area contributed by atoms with Gasteiger partial charge in [0.15, 0.2) is 0 Å². The number of piperazine rings is 1. The number of hydrogen-bond acceptors (Lipinski definition) is 6. The van der Waals surface area contributed by atoms with Crippen LogP contribution in [-0.4, -0.2) is 69.7 Å². The van der Waals surface area contributed by atoms with Crippen molar-refractivity contribution in [3.05, 3.63) is 41.5 Å². The molecule has 1 aromatic carbocycles. The van der Waals surface area contributed by atoms with Crippen LogP contribution >= 0.6 is 11.5 Å². The summed E-state index contributed by atoms with van der Waals surface area (Å²) in [5.74, 6) is 0.594. The Morgan fingerprint density at radius 3 is 2.48 bits per heavy atom. The zero-order chi connectivity index (χ0) is 20.4. The molecule has 154 valence electrons. The van der Waals surface area contributed by atoms with Crippen LogP contribution in [0.15, 0.2) is 24.3 Å². The third kappa shape index (κ3) is 4.39. The maximum atomic E-state index is 13.1. The zero-order valence-electron chi connectivity index (χ0n) is 16.4. The van der Waals surface area contributed by atoms with E-state index < -0.39 is 0 Å². The minimum atomic E-state index is -0.261. The van der Waals surface area contributed by atoms with E-state index in [9.17, 15) is 14.0 Å². The minimum Gasteiger partial charge on any atom is -0.339 e. The highest BCUT2D eigenvalue weighted by molar-refractivity contribution is 7.09. The summed E-state index contributed by atoms with van der Waals surface area (Å²) < 4.78 is 17.5. The van der Waals surface area contributed by atoms with Crippen molar-refractivity contribution in [1.82, 2.24) is 19.2 Å². The number of halogens is 1. The summed E-state index contributed by atoms with van der Waals surface area (Å²) in [6, 6.07) is 6.12. The van der Waals surface area contributed by atoms with E-state index in [2.05, 4.69) is 14.3 Å². The Balaban J connectivity index is 1.41. The second kappa shape index (κ2) is 8.44. The number of nitrogens with zero attached hydrogens (tertiary/aromatic N) is 5. The molecule has 0 spiro atoms. The lowest BCUT2D eigenvalue weighted by Gasteiger charge is -2.36. The molecule has 1 aromatic heterocycles. The van der Waals surface area contributed by atoms with Gasteiger partial charge in [-0.05, 0) is 30.5 Å². The number of benzene rings is 1. The molecule has 0 radical (unpaired) electrons. The van der Waals surface area contributed by atoms with Crippen molar-refractivity contribution in [2.75, 3.05) is 37.6 Å². The molecule has 0 N–H and O–H groups in total. The number of hydrogen-bond donors (Lipinski definition) is 0. The second-order valence-electron chi connectivity index (χ2n) is 7.48. The summed E-state index contributed by atoms with van der Waals surface area (Å²) in [6.07, 6.45) is 2.28. The first-order valence-corrected chi connectivity index (χ1v) is 10.7. The Bertz CT molecular complexity index is 879. The largest absolute Gasteiger partial charge is 0.339 e. The monoisotopic (exact) mass is 417 g/mol. The first kappa shape index (κ1) is 19.8. The van der Waals surface area contributed by atoms with Gasteiger partial charge < -0.3 is 14.7 Å². The van der Waals surface area contributed by atoms with E-state index >= 15 is 0 Å². The maximum Gasteiger partial charge on any atom is 0.245 e. The summed E-state index contributed by atoms with van der Waals surface area (Å²) >= 11 is 1.31. The molecule has 7 nitrogen and oxygen atoms in total. The van der Waals surface area contributed by atoms with Crippen LogP contribution in [0.2, 0.25) is 0 Å². The fraction of sp³-hybridized carbons (Fsp3) is 0.500. The Labute approximate surface area is 173 Å². The number of carbonyl (C=O) groups excluding carboxylic acids is 2. The van der Waals surface area contributed by atoms with E-state index in [-0.39, 0.29) is 23.7 Å². The molecule has 0 saturated carbocycles. The highest BCUT2D eigenvalue weighted by atomic mass is 32.1. The van der Waals surface area contributed by atoms with Gasteiger partial charge in [-0.3, -0.25) is 9.59 Å². The molecule has 2 fully saturated rings. The summed E-state index contributed by atoms with van der Waals surface area (Å²) in [6.45, 7) is 4.69. The van der Waals surface area contributed by atoms with Crippen molar-refractivity contribution in [2.24, 2.45) is 0 Å². The van der Waals surface area contributed by atoms with Gasteiger partial charge in [-0.2, -0.15) is 4.37 Å². The Hall–Kier alpha value is -2.55. The smallest absolute Gasteiger partial charge is 0.245 e. The summed E-state index contributed by atoms with van der Waals surface area (Å²) in [5.41, 5.74) is 0.952. The van der Waals surface area contributed by atoms with Gasteiger partial charge in [-0.1, -0.05) is 12.1 Å². The van der Waals surface area contributed by atoms with E-state index in [1.165, 1.54) is 23.7 Å². The first-order valence-electron chi connectivity index (χ1n) is 9.89. The predicted molar refractivity (Wildman–Crippen MR) is 108 cm³/mol. The van der Waals surface area contributed by atoms with Crippen LogP contribution in [0.4, 0.5) is 9.52 Å². The highest BCUT2D eigenvalue weighted by Crippen LogP contribution is 2.29. The van der Waals surface area contributed by atoms with Crippen LogP contribution in [-0.2, 0) is 16.0 Å². The Morgan fingerprint density at radius 1 is 1.10 bits per heavy atom. The normalized spacial score (nSPS) is 19.7. The van der Waals surface area contributed by atoms with Gasteiger partial charge in [0.2, 0.25) is 16.9 Å². The molecule has 4 rings (SSSR count). The predicted octanol–water partition coefficient (Wildman–Crippen LogP) is 1.93. The highest BCUT2D eigenvalue weighted by Gasteiger charge is 2.36. The fourth-order valence-corrected chi connectivity index (χ4v) is 4.68. The van der Waals surface area contributed by atoms with Crippen LogP contribution in [0, 0.1) is 5.82 Å². The third-order valence-corrected chi connectivity index (χ3v) is 6.34. The van der Waals surface area contributed by atoms with E-state index in [4.69, 9.17) is 0 Å². The van der Waals surface area contributed by atoms with Crippen molar-refractivity contribution >= 4 is 28.5 Å². The van der Waals surface area contributed by atoms with Gasteiger partial charge in [0.05, 0.1) is 0 Å². The number of rotatable bonds is 4. The number of anilines is 1. The molecular formula is C20H24FN5O2S. The lowest BCUT2D eigenvalue weighted by atomic mass is 10.1. The molecule has 2 amide bonds. The van der Waals surface area contributed by atoms with Crippen molar-refractivity contribution in [3.8, 4) is 0 Å². The molecular weight excluding hydrogens is 393 g/mol. The minimum absolute atomic E-state index is 0.0575. The quantitative estimate of drug-likeness (QED) is 0.760. The van der Waals surface area contributed by atoms with Gasteiger partial charge in [0.25, 0.3) is 0 Å². The first-order chi connectivity index (χ1) is 14.0. The SMILES string of the molecule is CC(=O)N1CCN(C(=O)[C@H]2CCCN2c2nc(Cc3ccc(F)cc3)ns2)CC1. The van der Waals surface area contributed by atoms with Crippen LogP contribution in [0.1, 0.15) is 31.2 Å². The summed E-state index contributed by atoms with van der Waals surface area (Å²) in [5, 5.41) is 0.764. The zero-order valence-corrected chi connectivity index (χ0v) is 17.2. The molecule has 3 heterocycles.